The number of hydrogen-bond acceptors (Lipinski definition) is 2. The lowest BCUT2D eigenvalue weighted by atomic mass is 9.67. The molecule has 3 atom stereocenters. The van der Waals surface area contributed by atoms with Gasteiger partial charge in [0.2, 0.25) is 0 Å². The van der Waals surface area contributed by atoms with Gasteiger partial charge in [-0.2, -0.15) is 5.06 Å². The van der Waals surface area contributed by atoms with Crippen molar-refractivity contribution in [2.45, 2.75) is 69.4 Å². The predicted molar refractivity (Wildman–Crippen MR) is 53.3 cm³/mol. The number of nitrogens with zero attached hydrogens (tertiary/aromatic N) is 1. The van der Waals surface area contributed by atoms with E-state index in [4.69, 9.17) is 0 Å². The Bertz CT molecular complexity index is 278. The zero-order valence-corrected chi connectivity index (χ0v) is 9.56. The van der Waals surface area contributed by atoms with Crippen molar-refractivity contribution in [1.82, 2.24) is 5.06 Å². The monoisotopic (exact) mass is 219 g/mol. The van der Waals surface area contributed by atoms with Crippen LogP contribution in [0.1, 0.15) is 46.5 Å². The zero-order chi connectivity index (χ0) is 11.5. The summed E-state index contributed by atoms with van der Waals surface area (Å²) in [6.45, 7) is 5.03. The van der Waals surface area contributed by atoms with Crippen molar-refractivity contribution in [3.8, 4) is 0 Å². The van der Waals surface area contributed by atoms with Gasteiger partial charge in [0.15, 0.2) is 0 Å². The van der Waals surface area contributed by atoms with Gasteiger partial charge in [-0.05, 0) is 33.6 Å². The van der Waals surface area contributed by atoms with Gasteiger partial charge in [-0.3, -0.25) is 0 Å². The summed E-state index contributed by atoms with van der Waals surface area (Å²) >= 11 is 0. The molecular weight excluding hydrogens is 200 g/mol. The van der Waals surface area contributed by atoms with E-state index in [1.54, 1.807) is 13.8 Å². The van der Waals surface area contributed by atoms with Gasteiger partial charge in [-0.15, -0.1) is 0 Å². The van der Waals surface area contributed by atoms with Crippen molar-refractivity contribution in [2.24, 2.45) is 0 Å². The number of rotatable bonds is 0. The van der Waals surface area contributed by atoms with E-state index >= 15 is 0 Å². The molecule has 0 radical (unpaired) electrons. The third-order valence-corrected chi connectivity index (χ3v) is 3.66. The first-order chi connectivity index (χ1) is 6.64. The molecule has 1 aliphatic carbocycles. The Labute approximate surface area is 89.2 Å². The SMILES string of the molecule is CC1(F)CC2CC(F)(C1)CC(C)(C)N2O. The minimum absolute atomic E-state index is 0.0340. The summed E-state index contributed by atoms with van der Waals surface area (Å²) in [5, 5.41) is 11.0. The van der Waals surface area contributed by atoms with Crippen LogP contribution in [0.2, 0.25) is 0 Å². The van der Waals surface area contributed by atoms with Gasteiger partial charge in [0, 0.05) is 24.4 Å². The maximum Gasteiger partial charge on any atom is 0.117 e. The molecule has 88 valence electrons. The van der Waals surface area contributed by atoms with E-state index in [2.05, 4.69) is 0 Å². The summed E-state index contributed by atoms with van der Waals surface area (Å²) < 4.78 is 28.3. The fourth-order valence-electron chi connectivity index (χ4n) is 3.45. The largest absolute Gasteiger partial charge is 0.313 e. The number of hydrogen-bond donors (Lipinski definition) is 1. The average molecular weight is 219 g/mol. The Morgan fingerprint density at radius 3 is 2.33 bits per heavy atom. The summed E-state index contributed by atoms with van der Waals surface area (Å²) in [5.74, 6) is 0. The molecule has 0 aromatic rings. The minimum atomic E-state index is -1.49. The Hall–Kier alpha value is -0.220. The van der Waals surface area contributed by atoms with E-state index in [0.717, 1.165) is 5.06 Å². The molecule has 0 amide bonds. The first-order valence-corrected chi connectivity index (χ1v) is 5.50. The topological polar surface area (TPSA) is 23.5 Å². The second kappa shape index (κ2) is 2.92. The van der Waals surface area contributed by atoms with E-state index in [1.807, 2.05) is 0 Å². The average Bonchev–Trinajstić information content (AvgIpc) is 1.94. The molecule has 2 nitrogen and oxygen atoms in total. The number of piperidine rings is 1. The molecule has 2 bridgehead atoms. The third-order valence-electron chi connectivity index (χ3n) is 3.66. The van der Waals surface area contributed by atoms with Crippen LogP contribution >= 0.6 is 0 Å². The Kier molecular flexibility index (Phi) is 2.19. The maximum atomic E-state index is 14.4. The van der Waals surface area contributed by atoms with Crippen molar-refractivity contribution in [2.75, 3.05) is 0 Å². The minimum Gasteiger partial charge on any atom is -0.313 e. The van der Waals surface area contributed by atoms with Crippen LogP contribution in [0.4, 0.5) is 8.78 Å². The van der Waals surface area contributed by atoms with Crippen LogP contribution in [0.15, 0.2) is 0 Å². The lowest BCUT2D eigenvalue weighted by molar-refractivity contribution is -0.259. The highest BCUT2D eigenvalue weighted by atomic mass is 19.2. The lowest BCUT2D eigenvalue weighted by Crippen LogP contribution is -2.63. The van der Waals surface area contributed by atoms with Crippen LogP contribution in [0.25, 0.3) is 0 Å². The zero-order valence-electron chi connectivity index (χ0n) is 9.56. The summed E-state index contributed by atoms with van der Waals surface area (Å²) in [7, 11) is 0. The fourth-order valence-corrected chi connectivity index (χ4v) is 3.45. The lowest BCUT2D eigenvalue weighted by Gasteiger charge is -2.54. The molecule has 0 spiro atoms. The molecule has 1 aliphatic heterocycles. The van der Waals surface area contributed by atoms with Crippen LogP contribution in [0.3, 0.4) is 0 Å². The van der Waals surface area contributed by atoms with Gasteiger partial charge in [-0.25, -0.2) is 8.78 Å². The highest BCUT2D eigenvalue weighted by Crippen LogP contribution is 2.50. The Morgan fingerprint density at radius 2 is 1.73 bits per heavy atom. The second-order valence-electron chi connectivity index (χ2n) is 6.14. The quantitative estimate of drug-likeness (QED) is 0.677. The second-order valence-corrected chi connectivity index (χ2v) is 6.14. The number of hydroxylamine groups is 2. The smallest absolute Gasteiger partial charge is 0.117 e. The molecule has 15 heavy (non-hydrogen) atoms. The standard InChI is InChI=1S/C11H19F2NO/c1-9(2)6-11(13)5-8(14(9)15)4-10(3,12)7-11/h8,15H,4-7H2,1-3H3. The molecule has 0 aromatic carbocycles. The van der Waals surface area contributed by atoms with Crippen molar-refractivity contribution in [3.63, 3.8) is 0 Å². The molecule has 4 heteroatoms. The maximum absolute atomic E-state index is 14.4. The Morgan fingerprint density at radius 1 is 1.13 bits per heavy atom. The van der Waals surface area contributed by atoms with Crippen LogP contribution in [0.5, 0.6) is 0 Å². The molecule has 1 heterocycles. The molecule has 2 fully saturated rings. The van der Waals surface area contributed by atoms with Crippen LogP contribution in [0, 0.1) is 0 Å². The summed E-state index contributed by atoms with van der Waals surface area (Å²) in [6.07, 6.45) is 0.644. The molecular formula is C11H19F2NO. The first-order valence-electron chi connectivity index (χ1n) is 5.50. The molecule has 1 saturated heterocycles. The van der Waals surface area contributed by atoms with Crippen LogP contribution < -0.4 is 0 Å². The normalized spacial score (nSPS) is 50.4. The number of fused-ring (bicyclic) bond motifs is 2. The van der Waals surface area contributed by atoms with E-state index < -0.39 is 16.9 Å². The Balaban J connectivity index is 2.29. The number of alkyl halides is 2. The van der Waals surface area contributed by atoms with Crippen molar-refractivity contribution in [3.05, 3.63) is 0 Å². The number of halogens is 2. The van der Waals surface area contributed by atoms with E-state index in [1.165, 1.54) is 6.92 Å². The highest BCUT2D eigenvalue weighted by molar-refractivity contribution is 5.07. The van der Waals surface area contributed by atoms with Gasteiger partial charge < -0.3 is 5.21 Å². The molecule has 2 rings (SSSR count). The van der Waals surface area contributed by atoms with Gasteiger partial charge in [0.05, 0.1) is 0 Å². The van der Waals surface area contributed by atoms with E-state index in [-0.39, 0.29) is 31.7 Å². The summed E-state index contributed by atoms with van der Waals surface area (Å²) in [4.78, 5) is 0. The van der Waals surface area contributed by atoms with Crippen molar-refractivity contribution >= 4 is 0 Å². The molecule has 3 unspecified atom stereocenters. The van der Waals surface area contributed by atoms with Crippen LogP contribution in [-0.2, 0) is 0 Å². The van der Waals surface area contributed by atoms with Crippen molar-refractivity contribution < 1.29 is 14.0 Å². The molecule has 0 aromatic heterocycles. The first kappa shape index (κ1) is 11.3. The van der Waals surface area contributed by atoms with Gasteiger partial charge in [0.25, 0.3) is 0 Å². The molecule has 1 N–H and O–H groups in total. The van der Waals surface area contributed by atoms with Crippen LogP contribution in [-0.4, -0.2) is 33.2 Å². The van der Waals surface area contributed by atoms with E-state index in [9.17, 15) is 14.0 Å². The van der Waals surface area contributed by atoms with E-state index in [0.29, 0.717) is 0 Å². The van der Waals surface area contributed by atoms with Gasteiger partial charge in [0.1, 0.15) is 11.3 Å². The molecule has 1 saturated carbocycles. The third kappa shape index (κ3) is 1.89. The fraction of sp³-hybridized carbons (Fsp3) is 1.00. The predicted octanol–water partition coefficient (Wildman–Crippen LogP) is 2.85. The van der Waals surface area contributed by atoms with Crippen molar-refractivity contribution in [1.29, 1.82) is 0 Å². The highest BCUT2D eigenvalue weighted by Gasteiger charge is 2.56. The summed E-state index contributed by atoms with van der Waals surface area (Å²) in [5.41, 5.74) is -3.53. The molecule has 2 aliphatic rings. The summed E-state index contributed by atoms with van der Waals surface area (Å²) in [6, 6.07) is -0.387. The van der Waals surface area contributed by atoms with Gasteiger partial charge >= 0.3 is 0 Å². The van der Waals surface area contributed by atoms with Gasteiger partial charge in [-0.1, -0.05) is 0 Å².